The summed E-state index contributed by atoms with van der Waals surface area (Å²) in [5.41, 5.74) is 1.54. The third-order valence-electron chi connectivity index (χ3n) is 3.61. The Morgan fingerprint density at radius 1 is 1.38 bits per heavy atom. The number of ether oxygens (including phenoxy) is 2. The average molecular weight is 338 g/mol. The van der Waals surface area contributed by atoms with Gasteiger partial charge in [-0.15, -0.1) is 0 Å². The monoisotopic (exact) mass is 338 g/mol. The maximum absolute atomic E-state index is 12.2. The molecule has 2 amide bonds. The molecule has 0 atom stereocenters. The second kappa shape index (κ2) is 7.65. The highest BCUT2D eigenvalue weighted by molar-refractivity contribution is 5.94. The number of H-pyrrole nitrogens is 1. The lowest BCUT2D eigenvalue weighted by Crippen LogP contribution is -2.40. The lowest BCUT2D eigenvalue weighted by molar-refractivity contribution is 0.0221. The summed E-state index contributed by atoms with van der Waals surface area (Å²) in [6.07, 6.45) is 0.973. The van der Waals surface area contributed by atoms with Crippen molar-refractivity contribution in [3.63, 3.8) is 0 Å². The van der Waals surface area contributed by atoms with Crippen LogP contribution in [0.3, 0.4) is 0 Å². The predicted octanol–water partition coefficient (Wildman–Crippen LogP) is 1.47. The van der Waals surface area contributed by atoms with Gasteiger partial charge in [0.05, 0.1) is 12.2 Å². The standard InChI is InChI=1S/C16H26N4O4/c1-16(2,3)24-15(22)20-8-6-11-12(10-20)18-19-13(11)14(21)17-7-5-9-23-4/h5-10H2,1-4H3,(H,17,21)(H,18,19). The number of hydrogen-bond donors (Lipinski definition) is 2. The van der Waals surface area contributed by atoms with Gasteiger partial charge in [-0.1, -0.05) is 0 Å². The third-order valence-corrected chi connectivity index (χ3v) is 3.61. The van der Waals surface area contributed by atoms with Gasteiger partial charge in [-0.25, -0.2) is 4.79 Å². The Balaban J connectivity index is 1.96. The van der Waals surface area contributed by atoms with Crippen LogP contribution in [0.2, 0.25) is 0 Å². The van der Waals surface area contributed by atoms with Crippen molar-refractivity contribution in [1.29, 1.82) is 0 Å². The lowest BCUT2D eigenvalue weighted by atomic mass is 10.0. The molecule has 0 saturated carbocycles. The molecular weight excluding hydrogens is 312 g/mol. The van der Waals surface area contributed by atoms with Crippen LogP contribution in [-0.2, 0) is 22.4 Å². The molecule has 0 unspecified atom stereocenters. The predicted molar refractivity (Wildman–Crippen MR) is 87.8 cm³/mol. The summed E-state index contributed by atoms with van der Waals surface area (Å²) >= 11 is 0. The summed E-state index contributed by atoms with van der Waals surface area (Å²) in [4.78, 5) is 26.0. The topological polar surface area (TPSA) is 96.5 Å². The number of aromatic amines is 1. The number of fused-ring (bicyclic) bond motifs is 1. The van der Waals surface area contributed by atoms with Gasteiger partial charge < -0.3 is 19.7 Å². The van der Waals surface area contributed by atoms with Gasteiger partial charge in [0.1, 0.15) is 5.60 Å². The lowest BCUT2D eigenvalue weighted by Gasteiger charge is -2.29. The van der Waals surface area contributed by atoms with Crippen molar-refractivity contribution >= 4 is 12.0 Å². The zero-order valence-corrected chi connectivity index (χ0v) is 14.8. The van der Waals surface area contributed by atoms with Gasteiger partial charge in [0.2, 0.25) is 0 Å². The van der Waals surface area contributed by atoms with Gasteiger partial charge in [0.15, 0.2) is 5.69 Å². The van der Waals surface area contributed by atoms with Crippen LogP contribution in [0.5, 0.6) is 0 Å². The summed E-state index contributed by atoms with van der Waals surface area (Å²) in [6.45, 7) is 7.52. The van der Waals surface area contributed by atoms with Crippen LogP contribution < -0.4 is 5.32 Å². The number of rotatable bonds is 5. The Morgan fingerprint density at radius 3 is 2.79 bits per heavy atom. The number of carbonyl (C=O) groups is 2. The van der Waals surface area contributed by atoms with E-state index in [0.29, 0.717) is 38.4 Å². The molecule has 0 fully saturated rings. The second-order valence-corrected chi connectivity index (χ2v) is 6.78. The third kappa shape index (κ3) is 4.70. The summed E-state index contributed by atoms with van der Waals surface area (Å²) in [5.74, 6) is -0.200. The fourth-order valence-electron chi connectivity index (χ4n) is 2.49. The van der Waals surface area contributed by atoms with Crippen molar-refractivity contribution < 1.29 is 19.1 Å². The van der Waals surface area contributed by atoms with E-state index in [9.17, 15) is 9.59 Å². The summed E-state index contributed by atoms with van der Waals surface area (Å²) in [5, 5.41) is 9.82. The molecule has 0 spiro atoms. The second-order valence-electron chi connectivity index (χ2n) is 6.78. The van der Waals surface area contributed by atoms with Crippen LogP contribution in [0.4, 0.5) is 4.79 Å². The first-order chi connectivity index (χ1) is 11.3. The zero-order valence-electron chi connectivity index (χ0n) is 14.8. The minimum atomic E-state index is -0.529. The normalized spacial score (nSPS) is 14.2. The smallest absolute Gasteiger partial charge is 0.410 e. The molecule has 0 radical (unpaired) electrons. The van der Waals surface area contributed by atoms with Crippen molar-refractivity contribution in [3.8, 4) is 0 Å². The van der Waals surface area contributed by atoms with E-state index in [4.69, 9.17) is 9.47 Å². The van der Waals surface area contributed by atoms with E-state index in [-0.39, 0.29) is 12.0 Å². The van der Waals surface area contributed by atoms with Gasteiger partial charge in [0, 0.05) is 32.4 Å². The molecule has 1 aromatic rings. The fraction of sp³-hybridized carbons (Fsp3) is 0.688. The highest BCUT2D eigenvalue weighted by atomic mass is 16.6. The first-order valence-electron chi connectivity index (χ1n) is 8.13. The zero-order chi connectivity index (χ0) is 17.7. The van der Waals surface area contributed by atoms with E-state index in [1.807, 2.05) is 20.8 Å². The SMILES string of the molecule is COCCCNC(=O)c1n[nH]c2c1CCN(C(=O)OC(C)(C)C)C2. The van der Waals surface area contributed by atoms with Gasteiger partial charge in [-0.05, 0) is 33.6 Å². The molecule has 8 nitrogen and oxygen atoms in total. The minimum absolute atomic E-state index is 0.200. The number of methoxy groups -OCH3 is 1. The average Bonchev–Trinajstić information content (AvgIpc) is 2.92. The summed E-state index contributed by atoms with van der Waals surface area (Å²) < 4.78 is 10.3. The highest BCUT2D eigenvalue weighted by Crippen LogP contribution is 2.22. The molecule has 0 bridgehead atoms. The largest absolute Gasteiger partial charge is 0.444 e. The van der Waals surface area contributed by atoms with Gasteiger partial charge in [0.25, 0.3) is 5.91 Å². The number of hydrogen-bond acceptors (Lipinski definition) is 5. The van der Waals surface area contributed by atoms with Gasteiger partial charge in [-0.3, -0.25) is 9.89 Å². The Morgan fingerprint density at radius 2 is 2.12 bits per heavy atom. The molecule has 1 aliphatic rings. The van der Waals surface area contributed by atoms with Crippen LogP contribution in [-0.4, -0.2) is 59.5 Å². The van der Waals surface area contributed by atoms with Crippen molar-refractivity contribution in [1.82, 2.24) is 20.4 Å². The van der Waals surface area contributed by atoms with E-state index in [1.54, 1.807) is 12.0 Å². The van der Waals surface area contributed by atoms with Crippen molar-refractivity contribution in [3.05, 3.63) is 17.0 Å². The van der Waals surface area contributed by atoms with E-state index in [0.717, 1.165) is 17.7 Å². The molecule has 0 aromatic carbocycles. The molecular formula is C16H26N4O4. The maximum atomic E-state index is 12.2. The van der Waals surface area contributed by atoms with E-state index in [2.05, 4.69) is 15.5 Å². The van der Waals surface area contributed by atoms with Gasteiger partial charge >= 0.3 is 6.09 Å². The van der Waals surface area contributed by atoms with Crippen LogP contribution in [0.25, 0.3) is 0 Å². The van der Waals surface area contributed by atoms with Gasteiger partial charge in [-0.2, -0.15) is 5.10 Å². The molecule has 2 rings (SSSR count). The van der Waals surface area contributed by atoms with Crippen LogP contribution >= 0.6 is 0 Å². The quantitative estimate of drug-likeness (QED) is 0.793. The number of aromatic nitrogens is 2. The number of nitrogens with one attached hydrogen (secondary N) is 2. The van der Waals surface area contributed by atoms with Crippen molar-refractivity contribution in [2.24, 2.45) is 0 Å². The first-order valence-corrected chi connectivity index (χ1v) is 8.13. The molecule has 2 heterocycles. The molecule has 1 aromatic heterocycles. The highest BCUT2D eigenvalue weighted by Gasteiger charge is 2.29. The molecule has 0 aliphatic carbocycles. The molecule has 0 saturated heterocycles. The summed E-state index contributed by atoms with van der Waals surface area (Å²) in [7, 11) is 1.63. The van der Waals surface area contributed by atoms with Crippen LogP contribution in [0.15, 0.2) is 0 Å². The molecule has 8 heteroatoms. The minimum Gasteiger partial charge on any atom is -0.444 e. The Kier molecular flexibility index (Phi) is 5.82. The molecule has 2 N–H and O–H groups in total. The van der Waals surface area contributed by atoms with E-state index in [1.165, 1.54) is 0 Å². The summed E-state index contributed by atoms with van der Waals surface area (Å²) in [6, 6.07) is 0. The van der Waals surface area contributed by atoms with E-state index >= 15 is 0 Å². The maximum Gasteiger partial charge on any atom is 0.410 e. The Bertz CT molecular complexity index is 591. The molecule has 1 aliphatic heterocycles. The number of amides is 2. The number of nitrogens with zero attached hydrogens (tertiary/aromatic N) is 2. The van der Waals surface area contributed by atoms with Crippen molar-refractivity contribution in [2.45, 2.75) is 45.8 Å². The molecule has 24 heavy (non-hydrogen) atoms. The Labute approximate surface area is 141 Å². The van der Waals surface area contributed by atoms with Crippen molar-refractivity contribution in [2.75, 3.05) is 26.8 Å². The van der Waals surface area contributed by atoms with Crippen LogP contribution in [0.1, 0.15) is 48.9 Å². The molecule has 134 valence electrons. The number of carbonyl (C=O) groups excluding carboxylic acids is 2. The first kappa shape index (κ1) is 18.3. The van der Waals surface area contributed by atoms with E-state index < -0.39 is 5.60 Å². The Hall–Kier alpha value is -2.09. The fourth-order valence-corrected chi connectivity index (χ4v) is 2.49. The van der Waals surface area contributed by atoms with Crippen LogP contribution in [0, 0.1) is 0 Å².